The summed E-state index contributed by atoms with van der Waals surface area (Å²) in [4.78, 5) is 0. The topological polar surface area (TPSA) is 38.0 Å². The van der Waals surface area contributed by atoms with Crippen LogP contribution in [0.4, 0.5) is 0 Å². The van der Waals surface area contributed by atoms with E-state index in [4.69, 9.17) is 5.73 Å². The van der Waals surface area contributed by atoms with E-state index >= 15 is 0 Å². The summed E-state index contributed by atoms with van der Waals surface area (Å²) in [6.45, 7) is 7.75. The van der Waals surface area contributed by atoms with E-state index in [9.17, 15) is 0 Å². The van der Waals surface area contributed by atoms with Crippen molar-refractivity contribution in [2.75, 3.05) is 0 Å². The van der Waals surface area contributed by atoms with Gasteiger partial charge in [-0.3, -0.25) is 0 Å². The molecular weight excluding hydrogens is 124 g/mol. The highest BCUT2D eigenvalue weighted by atomic mass is 15.0. The number of nitrogens with one attached hydrogen (secondary N) is 1. The first-order chi connectivity index (χ1) is 4.70. The van der Waals surface area contributed by atoms with Crippen LogP contribution in [-0.4, -0.2) is 6.17 Å². The molecule has 2 nitrogen and oxygen atoms in total. The lowest BCUT2D eigenvalue weighted by Crippen LogP contribution is -2.34. The Morgan fingerprint density at radius 1 is 1.80 bits per heavy atom. The standard InChI is InChI=1S/C8H16N2/c1-4-6-8(9)10-7(3)5-2/h4,6,8,10H,3,5,9H2,1-2H3/b6-4-. The van der Waals surface area contributed by atoms with Crippen molar-refractivity contribution in [1.29, 1.82) is 0 Å². The summed E-state index contributed by atoms with van der Waals surface area (Å²) in [6, 6.07) is 0. The highest BCUT2D eigenvalue weighted by molar-refractivity contribution is 4.97. The van der Waals surface area contributed by atoms with Gasteiger partial charge in [-0.2, -0.15) is 0 Å². The molecule has 0 aliphatic heterocycles. The van der Waals surface area contributed by atoms with E-state index in [1.165, 1.54) is 0 Å². The Balaban J connectivity index is 3.57. The third-order valence-electron chi connectivity index (χ3n) is 1.20. The lowest BCUT2D eigenvalue weighted by Gasteiger charge is -2.11. The number of rotatable bonds is 4. The molecule has 0 saturated carbocycles. The van der Waals surface area contributed by atoms with Crippen molar-refractivity contribution in [3.8, 4) is 0 Å². The van der Waals surface area contributed by atoms with E-state index in [0.29, 0.717) is 0 Å². The van der Waals surface area contributed by atoms with Gasteiger partial charge in [-0.1, -0.05) is 25.7 Å². The van der Waals surface area contributed by atoms with E-state index in [1.54, 1.807) is 0 Å². The van der Waals surface area contributed by atoms with E-state index in [1.807, 2.05) is 26.0 Å². The molecule has 0 heterocycles. The predicted octanol–water partition coefficient (Wildman–Crippen LogP) is 1.36. The smallest absolute Gasteiger partial charge is 0.0932 e. The van der Waals surface area contributed by atoms with Crippen LogP contribution in [0.3, 0.4) is 0 Å². The Bertz CT molecular complexity index is 127. The van der Waals surface area contributed by atoms with Gasteiger partial charge in [-0.05, 0) is 13.3 Å². The molecule has 0 amide bonds. The lowest BCUT2D eigenvalue weighted by molar-refractivity contribution is 0.679. The Morgan fingerprint density at radius 2 is 2.40 bits per heavy atom. The fourth-order valence-electron chi connectivity index (χ4n) is 0.593. The van der Waals surface area contributed by atoms with E-state index in [-0.39, 0.29) is 6.17 Å². The molecule has 0 radical (unpaired) electrons. The van der Waals surface area contributed by atoms with Crippen molar-refractivity contribution in [1.82, 2.24) is 5.32 Å². The molecule has 0 aliphatic rings. The Morgan fingerprint density at radius 3 is 2.80 bits per heavy atom. The molecule has 1 atom stereocenters. The summed E-state index contributed by atoms with van der Waals surface area (Å²) in [5.41, 5.74) is 6.58. The van der Waals surface area contributed by atoms with Crippen molar-refractivity contribution in [3.05, 3.63) is 24.4 Å². The van der Waals surface area contributed by atoms with Gasteiger partial charge in [0.15, 0.2) is 0 Å². The van der Waals surface area contributed by atoms with Crippen LogP contribution in [-0.2, 0) is 0 Å². The van der Waals surface area contributed by atoms with Gasteiger partial charge < -0.3 is 11.1 Å². The van der Waals surface area contributed by atoms with E-state index in [0.717, 1.165) is 12.1 Å². The molecule has 2 heteroatoms. The van der Waals surface area contributed by atoms with Crippen LogP contribution in [0.15, 0.2) is 24.4 Å². The first-order valence-electron chi connectivity index (χ1n) is 3.53. The Hall–Kier alpha value is -0.760. The van der Waals surface area contributed by atoms with Gasteiger partial charge in [0.1, 0.15) is 0 Å². The second-order valence-electron chi connectivity index (χ2n) is 2.15. The van der Waals surface area contributed by atoms with Crippen LogP contribution in [0.5, 0.6) is 0 Å². The zero-order valence-electron chi connectivity index (χ0n) is 6.72. The summed E-state index contributed by atoms with van der Waals surface area (Å²) in [5.74, 6) is 0. The molecule has 0 rings (SSSR count). The van der Waals surface area contributed by atoms with Crippen LogP contribution in [0.2, 0.25) is 0 Å². The molecule has 0 aromatic rings. The lowest BCUT2D eigenvalue weighted by atomic mass is 10.3. The maximum Gasteiger partial charge on any atom is 0.0932 e. The van der Waals surface area contributed by atoms with Crippen molar-refractivity contribution < 1.29 is 0 Å². The van der Waals surface area contributed by atoms with Crippen LogP contribution in [0.25, 0.3) is 0 Å². The summed E-state index contributed by atoms with van der Waals surface area (Å²) in [7, 11) is 0. The van der Waals surface area contributed by atoms with Crippen LogP contribution in [0, 0.1) is 0 Å². The highest BCUT2D eigenvalue weighted by Gasteiger charge is 1.93. The fourth-order valence-corrected chi connectivity index (χ4v) is 0.593. The van der Waals surface area contributed by atoms with Gasteiger partial charge in [-0.25, -0.2) is 0 Å². The predicted molar refractivity (Wildman–Crippen MR) is 45.4 cm³/mol. The molecule has 0 saturated heterocycles. The highest BCUT2D eigenvalue weighted by Crippen LogP contribution is 1.91. The first kappa shape index (κ1) is 9.24. The van der Waals surface area contributed by atoms with E-state index < -0.39 is 0 Å². The maximum absolute atomic E-state index is 5.60. The number of nitrogens with two attached hydrogens (primary N) is 1. The second kappa shape index (κ2) is 5.06. The molecule has 58 valence electrons. The zero-order valence-corrected chi connectivity index (χ0v) is 6.72. The summed E-state index contributed by atoms with van der Waals surface area (Å²) < 4.78 is 0. The Labute approximate surface area is 62.8 Å². The van der Waals surface area contributed by atoms with E-state index in [2.05, 4.69) is 11.9 Å². The minimum absolute atomic E-state index is 0.0857. The Kier molecular flexibility index (Phi) is 4.67. The molecule has 1 unspecified atom stereocenters. The number of hydrogen-bond donors (Lipinski definition) is 2. The average molecular weight is 140 g/mol. The van der Waals surface area contributed by atoms with Gasteiger partial charge in [0, 0.05) is 5.70 Å². The molecule has 3 N–H and O–H groups in total. The number of hydrogen-bond acceptors (Lipinski definition) is 2. The number of allylic oxidation sites excluding steroid dienone is 2. The van der Waals surface area contributed by atoms with Crippen molar-refractivity contribution in [2.24, 2.45) is 5.73 Å². The molecule has 0 bridgehead atoms. The monoisotopic (exact) mass is 140 g/mol. The third kappa shape index (κ3) is 4.15. The molecule has 0 spiro atoms. The zero-order chi connectivity index (χ0) is 7.98. The first-order valence-corrected chi connectivity index (χ1v) is 3.53. The van der Waals surface area contributed by atoms with Gasteiger partial charge >= 0.3 is 0 Å². The van der Waals surface area contributed by atoms with Gasteiger partial charge in [0.05, 0.1) is 6.17 Å². The van der Waals surface area contributed by atoms with Gasteiger partial charge in [0.2, 0.25) is 0 Å². The minimum atomic E-state index is -0.0857. The summed E-state index contributed by atoms with van der Waals surface area (Å²) >= 11 is 0. The fraction of sp³-hybridized carbons (Fsp3) is 0.500. The molecule has 0 aromatic heterocycles. The molecule has 0 aromatic carbocycles. The normalized spacial score (nSPS) is 13.5. The second-order valence-corrected chi connectivity index (χ2v) is 2.15. The molecule has 0 fully saturated rings. The van der Waals surface area contributed by atoms with Gasteiger partial charge in [0.25, 0.3) is 0 Å². The van der Waals surface area contributed by atoms with Crippen molar-refractivity contribution in [3.63, 3.8) is 0 Å². The maximum atomic E-state index is 5.60. The van der Waals surface area contributed by atoms with Crippen LogP contribution in [0.1, 0.15) is 20.3 Å². The molecule has 0 aliphatic carbocycles. The quantitative estimate of drug-likeness (QED) is 0.457. The summed E-state index contributed by atoms with van der Waals surface area (Å²) in [6.07, 6.45) is 4.64. The minimum Gasteiger partial charge on any atom is -0.371 e. The third-order valence-corrected chi connectivity index (χ3v) is 1.20. The largest absolute Gasteiger partial charge is 0.371 e. The SMILES string of the molecule is C=C(CC)NC(N)/C=C\C. The molecular formula is C8H16N2. The van der Waals surface area contributed by atoms with Crippen molar-refractivity contribution >= 4 is 0 Å². The van der Waals surface area contributed by atoms with Crippen molar-refractivity contribution in [2.45, 2.75) is 26.4 Å². The molecule has 10 heavy (non-hydrogen) atoms. The van der Waals surface area contributed by atoms with Gasteiger partial charge in [-0.15, -0.1) is 0 Å². The van der Waals surface area contributed by atoms with Crippen LogP contribution < -0.4 is 11.1 Å². The van der Waals surface area contributed by atoms with Crippen LogP contribution >= 0.6 is 0 Å². The summed E-state index contributed by atoms with van der Waals surface area (Å²) in [5, 5.41) is 3.03. The average Bonchev–Trinajstić information content (AvgIpc) is 1.88.